The maximum Gasteiger partial charge on any atom is 0.266 e. The summed E-state index contributed by atoms with van der Waals surface area (Å²) in [4.78, 5) is 19.0. The number of hydrogen-bond acceptors (Lipinski definition) is 7. The molecule has 0 atom stereocenters. The molecular weight excluding hydrogens is 408 g/mol. The van der Waals surface area contributed by atoms with Crippen LogP contribution in [0.3, 0.4) is 0 Å². The maximum absolute atomic E-state index is 12.9. The van der Waals surface area contributed by atoms with Gasteiger partial charge in [-0.2, -0.15) is 5.10 Å². The molecule has 3 heterocycles. The van der Waals surface area contributed by atoms with Crippen molar-refractivity contribution in [2.24, 2.45) is 0 Å². The molecule has 1 fully saturated rings. The zero-order valence-electron chi connectivity index (χ0n) is 15.0. The Morgan fingerprint density at radius 1 is 1.14 bits per heavy atom. The lowest BCUT2D eigenvalue weighted by Crippen LogP contribution is -2.27. The Labute approximate surface area is 175 Å². The first kappa shape index (κ1) is 17.9. The van der Waals surface area contributed by atoms with E-state index >= 15 is 0 Å². The molecule has 0 radical (unpaired) electrons. The summed E-state index contributed by atoms with van der Waals surface area (Å²) in [7, 11) is 0. The summed E-state index contributed by atoms with van der Waals surface area (Å²) in [6, 6.07) is 13.4. The number of benzene rings is 2. The second kappa shape index (κ2) is 7.34. The molecule has 0 spiro atoms. The number of amides is 1. The van der Waals surface area contributed by atoms with E-state index in [1.165, 1.54) is 18.1 Å². The Kier molecular flexibility index (Phi) is 4.53. The van der Waals surface area contributed by atoms with Gasteiger partial charge in [-0.25, -0.2) is 9.67 Å². The lowest BCUT2D eigenvalue weighted by Gasteiger charge is -2.14. The van der Waals surface area contributed by atoms with Crippen LogP contribution >= 0.6 is 24.0 Å². The summed E-state index contributed by atoms with van der Waals surface area (Å²) in [6.45, 7) is 0.613. The average Bonchev–Trinajstić information content (AvgIpc) is 3.47. The fraction of sp³-hybridized carbons (Fsp3) is 0.100. The molecular formula is C20H14N4O3S2. The van der Waals surface area contributed by atoms with Crippen LogP contribution in [0.2, 0.25) is 0 Å². The Morgan fingerprint density at radius 2 is 1.97 bits per heavy atom. The van der Waals surface area contributed by atoms with E-state index in [2.05, 4.69) is 10.1 Å². The van der Waals surface area contributed by atoms with Gasteiger partial charge < -0.3 is 9.47 Å². The van der Waals surface area contributed by atoms with Gasteiger partial charge in [-0.1, -0.05) is 42.2 Å². The predicted molar refractivity (Wildman–Crippen MR) is 113 cm³/mol. The van der Waals surface area contributed by atoms with E-state index in [-0.39, 0.29) is 12.7 Å². The molecule has 3 aromatic rings. The van der Waals surface area contributed by atoms with Crippen LogP contribution < -0.4 is 9.47 Å². The highest BCUT2D eigenvalue weighted by molar-refractivity contribution is 8.26. The monoisotopic (exact) mass is 422 g/mol. The zero-order valence-corrected chi connectivity index (χ0v) is 16.7. The molecule has 5 rings (SSSR count). The first-order valence-corrected chi connectivity index (χ1v) is 9.99. The topological polar surface area (TPSA) is 69.5 Å². The largest absolute Gasteiger partial charge is 0.454 e. The van der Waals surface area contributed by atoms with Crippen molar-refractivity contribution < 1.29 is 14.3 Å². The number of thiocarbonyl (C=S) groups is 1. The number of hydrogen-bond donors (Lipinski definition) is 0. The number of carbonyl (C=O) groups is 1. The van der Waals surface area contributed by atoms with Gasteiger partial charge in [0.2, 0.25) is 6.79 Å². The summed E-state index contributed by atoms with van der Waals surface area (Å²) in [5.41, 5.74) is 2.75. The SMILES string of the molecule is O=C1/C(=C/c2ccc(-n3cncn3)cc2)SC(=S)N1Cc1ccc2c(c1)OCO2. The van der Waals surface area contributed by atoms with Crippen LogP contribution in [-0.4, -0.2) is 36.7 Å². The first-order valence-electron chi connectivity index (χ1n) is 8.76. The highest BCUT2D eigenvalue weighted by Crippen LogP contribution is 2.36. The Hall–Kier alpha value is -3.17. The molecule has 1 aromatic heterocycles. The minimum atomic E-state index is -0.0991. The third-order valence-electron chi connectivity index (χ3n) is 4.53. The molecule has 2 aliphatic heterocycles. The second-order valence-corrected chi connectivity index (χ2v) is 8.06. The minimum Gasteiger partial charge on any atom is -0.454 e. The highest BCUT2D eigenvalue weighted by Gasteiger charge is 2.32. The van der Waals surface area contributed by atoms with E-state index in [0.29, 0.717) is 27.3 Å². The fourth-order valence-corrected chi connectivity index (χ4v) is 4.33. The van der Waals surface area contributed by atoms with Crippen molar-refractivity contribution in [3.8, 4) is 17.2 Å². The molecule has 144 valence electrons. The van der Waals surface area contributed by atoms with Gasteiger partial charge in [0.15, 0.2) is 11.5 Å². The molecule has 2 aliphatic rings. The summed E-state index contributed by atoms with van der Waals surface area (Å²) < 4.78 is 13.0. The van der Waals surface area contributed by atoms with E-state index < -0.39 is 0 Å². The number of rotatable bonds is 4. The van der Waals surface area contributed by atoms with Gasteiger partial charge in [0.1, 0.15) is 17.0 Å². The molecule has 0 N–H and O–H groups in total. The third kappa shape index (κ3) is 3.50. The number of carbonyl (C=O) groups excluding carboxylic acids is 1. The molecule has 0 saturated carbocycles. The van der Waals surface area contributed by atoms with Crippen molar-refractivity contribution in [2.75, 3.05) is 6.79 Å². The molecule has 0 unspecified atom stereocenters. The summed E-state index contributed by atoms with van der Waals surface area (Å²) in [5, 5.41) is 4.10. The highest BCUT2D eigenvalue weighted by atomic mass is 32.2. The summed E-state index contributed by atoms with van der Waals surface area (Å²) in [6.07, 6.45) is 4.97. The number of nitrogens with zero attached hydrogens (tertiary/aromatic N) is 4. The second-order valence-electron chi connectivity index (χ2n) is 6.39. The van der Waals surface area contributed by atoms with Gasteiger partial charge in [-0.15, -0.1) is 0 Å². The first-order chi connectivity index (χ1) is 14.2. The zero-order chi connectivity index (χ0) is 19.8. The minimum absolute atomic E-state index is 0.0991. The van der Waals surface area contributed by atoms with Gasteiger partial charge in [0, 0.05) is 0 Å². The Bertz CT molecular complexity index is 1130. The van der Waals surface area contributed by atoms with Crippen LogP contribution in [0, 0.1) is 0 Å². The molecule has 29 heavy (non-hydrogen) atoms. The van der Waals surface area contributed by atoms with Crippen molar-refractivity contribution in [3.05, 3.63) is 71.2 Å². The quantitative estimate of drug-likeness (QED) is 0.471. The molecule has 9 heteroatoms. The number of fused-ring (bicyclic) bond motifs is 1. The van der Waals surface area contributed by atoms with Crippen LogP contribution in [0.4, 0.5) is 0 Å². The van der Waals surface area contributed by atoms with Crippen LogP contribution in [0.1, 0.15) is 11.1 Å². The molecule has 2 aromatic carbocycles. The van der Waals surface area contributed by atoms with E-state index in [9.17, 15) is 4.79 Å². The number of aromatic nitrogens is 3. The van der Waals surface area contributed by atoms with Gasteiger partial charge in [-0.05, 0) is 41.5 Å². The standard InChI is InChI=1S/C20H14N4O3S2/c25-19-18(8-13-1-4-15(5-2-13)24-11-21-10-22-24)29-20(28)23(19)9-14-3-6-16-17(7-14)27-12-26-16/h1-8,10-11H,9,12H2/b18-8-. The van der Waals surface area contributed by atoms with Gasteiger partial charge in [0.25, 0.3) is 5.91 Å². The third-order valence-corrected chi connectivity index (χ3v) is 5.90. The average molecular weight is 422 g/mol. The van der Waals surface area contributed by atoms with E-state index in [1.54, 1.807) is 15.9 Å². The van der Waals surface area contributed by atoms with Gasteiger partial charge >= 0.3 is 0 Å². The van der Waals surface area contributed by atoms with E-state index in [4.69, 9.17) is 21.7 Å². The Balaban J connectivity index is 1.33. The fourth-order valence-electron chi connectivity index (χ4n) is 3.07. The van der Waals surface area contributed by atoms with Crippen LogP contribution in [0.5, 0.6) is 11.5 Å². The molecule has 7 nitrogen and oxygen atoms in total. The van der Waals surface area contributed by atoms with E-state index in [0.717, 1.165) is 16.8 Å². The Morgan fingerprint density at radius 3 is 2.76 bits per heavy atom. The summed E-state index contributed by atoms with van der Waals surface area (Å²) >= 11 is 6.75. The lowest BCUT2D eigenvalue weighted by molar-refractivity contribution is -0.122. The smallest absolute Gasteiger partial charge is 0.266 e. The van der Waals surface area contributed by atoms with Crippen LogP contribution in [0.25, 0.3) is 11.8 Å². The van der Waals surface area contributed by atoms with E-state index in [1.807, 2.05) is 48.5 Å². The van der Waals surface area contributed by atoms with Crippen molar-refractivity contribution in [1.29, 1.82) is 0 Å². The van der Waals surface area contributed by atoms with Crippen molar-refractivity contribution >= 4 is 40.3 Å². The van der Waals surface area contributed by atoms with Gasteiger partial charge in [-0.3, -0.25) is 9.69 Å². The predicted octanol–water partition coefficient (Wildman–Crippen LogP) is 3.40. The molecule has 1 saturated heterocycles. The maximum atomic E-state index is 12.9. The summed E-state index contributed by atoms with van der Waals surface area (Å²) in [5.74, 6) is 1.31. The molecule has 1 amide bonds. The lowest BCUT2D eigenvalue weighted by atomic mass is 10.1. The van der Waals surface area contributed by atoms with Crippen molar-refractivity contribution in [3.63, 3.8) is 0 Å². The number of thioether (sulfide) groups is 1. The molecule has 0 bridgehead atoms. The molecule has 0 aliphatic carbocycles. The number of ether oxygens (including phenoxy) is 2. The van der Waals surface area contributed by atoms with Crippen molar-refractivity contribution in [1.82, 2.24) is 19.7 Å². The van der Waals surface area contributed by atoms with Crippen LogP contribution in [-0.2, 0) is 11.3 Å². The van der Waals surface area contributed by atoms with Crippen molar-refractivity contribution in [2.45, 2.75) is 6.54 Å². The normalized spacial score (nSPS) is 16.8. The van der Waals surface area contributed by atoms with Crippen LogP contribution in [0.15, 0.2) is 60.0 Å². The van der Waals surface area contributed by atoms with Gasteiger partial charge in [0.05, 0.1) is 17.1 Å².